The Bertz CT molecular complexity index is 1500. The van der Waals surface area contributed by atoms with Crippen LogP contribution in [0.1, 0.15) is 71.2 Å². The molecule has 11 nitrogen and oxygen atoms in total. The number of hydrogen-bond acceptors (Lipinski definition) is 6. The first-order valence-electron chi connectivity index (χ1n) is 14.8. The lowest BCUT2D eigenvalue weighted by atomic mass is 10.0. The van der Waals surface area contributed by atoms with E-state index >= 15 is 0 Å². The predicted molar refractivity (Wildman–Crippen MR) is 158 cm³/mol. The van der Waals surface area contributed by atoms with Gasteiger partial charge in [0.25, 0.3) is 11.8 Å². The zero-order valence-corrected chi connectivity index (χ0v) is 23.8. The number of aliphatic carboxylic acids is 2. The minimum Gasteiger partial charge on any atom is -0.480 e. The molecular formula is C32H36N4O7. The van der Waals surface area contributed by atoms with Gasteiger partial charge in [-0.15, -0.1) is 0 Å². The lowest BCUT2D eigenvalue weighted by molar-refractivity contribution is -0.151. The Morgan fingerprint density at radius 3 is 2.30 bits per heavy atom. The smallest absolute Gasteiger partial charge is 0.326 e. The molecule has 226 valence electrons. The average Bonchev–Trinajstić information content (AvgIpc) is 3.45. The van der Waals surface area contributed by atoms with Crippen molar-refractivity contribution in [2.24, 2.45) is 0 Å². The number of benzene rings is 2. The first-order valence-corrected chi connectivity index (χ1v) is 14.8. The monoisotopic (exact) mass is 588 g/mol. The highest BCUT2D eigenvalue weighted by Crippen LogP contribution is 2.24. The molecular weight excluding hydrogens is 552 g/mol. The molecule has 5 rings (SSSR count). The number of H-pyrrole nitrogens is 1. The van der Waals surface area contributed by atoms with E-state index in [1.54, 1.807) is 24.3 Å². The number of fused-ring (bicyclic) bond motifs is 2. The molecule has 1 saturated heterocycles. The van der Waals surface area contributed by atoms with Crippen LogP contribution in [0.2, 0.25) is 0 Å². The number of rotatable bonds is 13. The Morgan fingerprint density at radius 1 is 0.907 bits per heavy atom. The number of carboxylic acid groups (broad SMARTS) is 2. The van der Waals surface area contributed by atoms with Gasteiger partial charge in [-0.2, -0.15) is 0 Å². The summed E-state index contributed by atoms with van der Waals surface area (Å²) >= 11 is 0. The molecule has 11 heteroatoms. The Morgan fingerprint density at radius 2 is 1.60 bits per heavy atom. The van der Waals surface area contributed by atoms with Gasteiger partial charge >= 0.3 is 11.9 Å². The third-order valence-corrected chi connectivity index (χ3v) is 8.45. The average molecular weight is 589 g/mol. The standard InChI is InChI=1S/C32H36N4O7/c37-28-22-10-1-2-11-23(22)29(38)36(28)18-8-6-14-27(32(42)43)35-17-7-5-13-25(30(35)39)34-26(31(40)41)16-15-20-19-33-24-12-4-3-9-21(20)24/h1-4,9-12,19,25-27,33-34H,5-8,13-18H2,(H,40,41)(H,42,43). The summed E-state index contributed by atoms with van der Waals surface area (Å²) in [7, 11) is 0. The molecule has 0 spiro atoms. The maximum atomic E-state index is 13.6. The number of likely N-dealkylation sites (tertiary alicyclic amines) is 1. The van der Waals surface area contributed by atoms with E-state index < -0.39 is 36.0 Å². The van der Waals surface area contributed by atoms with Crippen LogP contribution in [-0.2, 0) is 20.8 Å². The molecule has 3 heterocycles. The van der Waals surface area contributed by atoms with Gasteiger partial charge in [0.1, 0.15) is 12.1 Å². The number of carbonyl (C=O) groups is 5. The summed E-state index contributed by atoms with van der Waals surface area (Å²) in [4.78, 5) is 69.1. The summed E-state index contributed by atoms with van der Waals surface area (Å²) < 4.78 is 0. The van der Waals surface area contributed by atoms with Gasteiger partial charge in [-0.3, -0.25) is 29.4 Å². The molecule has 1 aromatic heterocycles. The van der Waals surface area contributed by atoms with Gasteiger partial charge < -0.3 is 20.1 Å². The Labute approximate surface area is 248 Å². The van der Waals surface area contributed by atoms with E-state index in [9.17, 15) is 34.2 Å². The van der Waals surface area contributed by atoms with Crippen molar-refractivity contribution in [2.45, 2.75) is 69.5 Å². The van der Waals surface area contributed by atoms with Crippen molar-refractivity contribution in [3.63, 3.8) is 0 Å². The molecule has 1 fully saturated rings. The lowest BCUT2D eigenvalue weighted by Crippen LogP contribution is -2.55. The summed E-state index contributed by atoms with van der Waals surface area (Å²) in [5.41, 5.74) is 2.69. The van der Waals surface area contributed by atoms with E-state index in [0.717, 1.165) is 16.5 Å². The van der Waals surface area contributed by atoms with Gasteiger partial charge in [0.2, 0.25) is 5.91 Å². The van der Waals surface area contributed by atoms with Crippen LogP contribution >= 0.6 is 0 Å². The largest absolute Gasteiger partial charge is 0.480 e. The topological polar surface area (TPSA) is 160 Å². The highest BCUT2D eigenvalue weighted by atomic mass is 16.4. The normalized spacial score (nSPS) is 18.5. The van der Waals surface area contributed by atoms with Gasteiger partial charge in [-0.1, -0.05) is 30.3 Å². The SMILES string of the molecule is O=C(O)C(CCc1c[nH]c2ccccc12)NC1CCCCN(C(CCCCN2C(=O)c3ccccc3C2=O)C(=O)O)C1=O. The molecule has 0 radical (unpaired) electrons. The van der Waals surface area contributed by atoms with Crippen molar-refractivity contribution < 1.29 is 34.2 Å². The Kier molecular flexibility index (Phi) is 9.20. The quantitative estimate of drug-likeness (QED) is 0.175. The zero-order chi connectivity index (χ0) is 30.5. The molecule has 3 aromatic rings. The van der Waals surface area contributed by atoms with E-state index in [-0.39, 0.29) is 37.7 Å². The second kappa shape index (κ2) is 13.2. The third-order valence-electron chi connectivity index (χ3n) is 8.45. The molecule has 0 saturated carbocycles. The van der Waals surface area contributed by atoms with Gasteiger partial charge in [0.15, 0.2) is 0 Å². The van der Waals surface area contributed by atoms with Gasteiger partial charge in [0, 0.05) is 30.2 Å². The second-order valence-corrected chi connectivity index (χ2v) is 11.2. The highest BCUT2D eigenvalue weighted by molar-refractivity contribution is 6.21. The number of unbranched alkanes of at least 4 members (excludes halogenated alkanes) is 1. The minimum atomic E-state index is -1.14. The van der Waals surface area contributed by atoms with Crippen molar-refractivity contribution in [1.29, 1.82) is 0 Å². The summed E-state index contributed by atoms with van der Waals surface area (Å²) in [5, 5.41) is 24.1. The summed E-state index contributed by atoms with van der Waals surface area (Å²) in [6, 6.07) is 11.5. The van der Waals surface area contributed by atoms with Gasteiger partial charge in [0.05, 0.1) is 17.2 Å². The molecule has 3 unspecified atom stereocenters. The van der Waals surface area contributed by atoms with Crippen molar-refractivity contribution >= 4 is 40.6 Å². The predicted octanol–water partition coefficient (Wildman–Crippen LogP) is 3.44. The minimum absolute atomic E-state index is 0.153. The molecule has 0 bridgehead atoms. The van der Waals surface area contributed by atoms with Crippen molar-refractivity contribution in [1.82, 2.24) is 20.1 Å². The number of nitrogens with one attached hydrogen (secondary N) is 2. The van der Waals surface area contributed by atoms with E-state index in [4.69, 9.17) is 0 Å². The maximum Gasteiger partial charge on any atom is 0.326 e. The Hall–Kier alpha value is -4.51. The van der Waals surface area contributed by atoms with E-state index in [1.807, 2.05) is 30.5 Å². The van der Waals surface area contributed by atoms with E-state index in [1.165, 1.54) is 9.80 Å². The maximum absolute atomic E-state index is 13.6. The summed E-state index contributed by atoms with van der Waals surface area (Å²) in [6.45, 7) is 0.424. The van der Waals surface area contributed by atoms with Crippen LogP contribution in [-0.4, -0.2) is 85.9 Å². The van der Waals surface area contributed by atoms with Crippen LogP contribution in [0.15, 0.2) is 54.7 Å². The van der Waals surface area contributed by atoms with E-state index in [2.05, 4.69) is 10.3 Å². The fourth-order valence-corrected chi connectivity index (χ4v) is 6.15. The number of aromatic nitrogens is 1. The van der Waals surface area contributed by atoms with Crippen LogP contribution < -0.4 is 5.32 Å². The van der Waals surface area contributed by atoms with Crippen molar-refractivity contribution in [3.05, 3.63) is 71.4 Å². The number of aryl methyl sites for hydroxylation is 1. The third kappa shape index (κ3) is 6.46. The van der Waals surface area contributed by atoms with Crippen LogP contribution in [0.3, 0.4) is 0 Å². The number of hydrogen-bond donors (Lipinski definition) is 4. The van der Waals surface area contributed by atoms with Crippen LogP contribution in [0, 0.1) is 0 Å². The number of carbonyl (C=O) groups excluding carboxylic acids is 3. The first-order chi connectivity index (χ1) is 20.8. The molecule has 43 heavy (non-hydrogen) atoms. The fraction of sp³-hybridized carbons (Fsp3) is 0.406. The molecule has 2 aliphatic rings. The van der Waals surface area contributed by atoms with Crippen molar-refractivity contribution in [3.8, 4) is 0 Å². The van der Waals surface area contributed by atoms with Gasteiger partial charge in [-0.25, -0.2) is 4.79 Å². The highest BCUT2D eigenvalue weighted by Gasteiger charge is 2.37. The second-order valence-electron chi connectivity index (χ2n) is 11.2. The molecule has 4 N–H and O–H groups in total. The zero-order valence-electron chi connectivity index (χ0n) is 23.8. The molecule has 0 aliphatic carbocycles. The fourth-order valence-electron chi connectivity index (χ4n) is 6.15. The molecule has 3 atom stereocenters. The Balaban J connectivity index is 1.18. The molecule has 3 amide bonds. The van der Waals surface area contributed by atoms with Crippen LogP contribution in [0.5, 0.6) is 0 Å². The molecule has 2 aromatic carbocycles. The van der Waals surface area contributed by atoms with Crippen LogP contribution in [0.4, 0.5) is 0 Å². The number of imide groups is 1. The molecule has 2 aliphatic heterocycles. The van der Waals surface area contributed by atoms with Crippen LogP contribution in [0.25, 0.3) is 10.9 Å². The van der Waals surface area contributed by atoms with Crippen molar-refractivity contribution in [2.75, 3.05) is 13.1 Å². The summed E-state index contributed by atoms with van der Waals surface area (Å²) in [5.74, 6) is -3.33. The number of amides is 3. The van der Waals surface area contributed by atoms with E-state index in [0.29, 0.717) is 49.7 Å². The number of nitrogens with zero attached hydrogens (tertiary/aromatic N) is 2. The lowest BCUT2D eigenvalue weighted by Gasteiger charge is -2.31. The summed E-state index contributed by atoms with van der Waals surface area (Å²) in [6.07, 6.45) is 5.23. The number of aromatic amines is 1. The number of para-hydroxylation sites is 1. The number of carboxylic acids is 2. The van der Waals surface area contributed by atoms with Gasteiger partial charge in [-0.05, 0) is 75.1 Å². The first kappa shape index (κ1) is 30.0.